The van der Waals surface area contributed by atoms with Gasteiger partial charge < -0.3 is 20.5 Å². The highest BCUT2D eigenvalue weighted by molar-refractivity contribution is 5.79. The smallest absolute Gasteiger partial charge is 0.225 e. The van der Waals surface area contributed by atoms with Crippen LogP contribution in [0.5, 0.6) is 0 Å². The number of nitrogens with one attached hydrogen (secondary N) is 2. The average molecular weight is 332 g/mol. The number of carbonyl (C=O) groups excluding carboxylic acids is 1. The Labute approximate surface area is 143 Å². The van der Waals surface area contributed by atoms with E-state index in [2.05, 4.69) is 10.6 Å². The molecular weight excluding hydrogens is 304 g/mol. The number of amides is 1. The third kappa shape index (κ3) is 3.63. The molecule has 1 heterocycles. The van der Waals surface area contributed by atoms with Crippen LogP contribution in [0.4, 0.5) is 0 Å². The number of aliphatic hydroxyl groups excluding tert-OH is 1. The third-order valence-electron chi connectivity index (χ3n) is 5.47. The van der Waals surface area contributed by atoms with Crippen molar-refractivity contribution < 1.29 is 14.6 Å². The molecule has 1 aliphatic carbocycles. The molecule has 1 amide bonds. The number of hydrogen-bond donors (Lipinski definition) is 3. The van der Waals surface area contributed by atoms with Crippen LogP contribution < -0.4 is 10.6 Å². The minimum atomic E-state index is -0.722. The number of aliphatic hydroxyl groups is 1. The van der Waals surface area contributed by atoms with Crippen molar-refractivity contribution in [1.82, 2.24) is 10.6 Å². The Bertz CT molecular complexity index is 555. The van der Waals surface area contributed by atoms with E-state index in [1.54, 1.807) is 7.11 Å². The first-order valence-electron chi connectivity index (χ1n) is 8.83. The fraction of sp³-hybridized carbons (Fsp3) is 0.632. The van der Waals surface area contributed by atoms with Gasteiger partial charge in [-0.2, -0.15) is 0 Å². The van der Waals surface area contributed by atoms with Gasteiger partial charge >= 0.3 is 0 Å². The van der Waals surface area contributed by atoms with Crippen LogP contribution in [0, 0.1) is 11.8 Å². The maximum absolute atomic E-state index is 12.6. The van der Waals surface area contributed by atoms with Gasteiger partial charge in [0.15, 0.2) is 0 Å². The summed E-state index contributed by atoms with van der Waals surface area (Å²) in [5.41, 5.74) is 0.804. The van der Waals surface area contributed by atoms with Crippen LogP contribution in [0.15, 0.2) is 30.3 Å². The first-order chi connectivity index (χ1) is 11.5. The second-order valence-electron chi connectivity index (χ2n) is 7.25. The SMILES string of the molecule is CO[C@@H]([C@@H]1C[C@@H]2C[C@@H]2N1)[C@@H](C)C(=O)N[C@H](C)[C@@H](O)c1ccccc1. The molecule has 0 spiro atoms. The van der Waals surface area contributed by atoms with E-state index < -0.39 is 6.10 Å². The zero-order valence-electron chi connectivity index (χ0n) is 14.6. The molecule has 3 rings (SSSR count). The van der Waals surface area contributed by atoms with Crippen LogP contribution in [-0.2, 0) is 9.53 Å². The van der Waals surface area contributed by atoms with Crippen molar-refractivity contribution in [3.63, 3.8) is 0 Å². The summed E-state index contributed by atoms with van der Waals surface area (Å²) in [5.74, 6) is 0.420. The maximum atomic E-state index is 12.6. The molecule has 2 fully saturated rings. The topological polar surface area (TPSA) is 70.6 Å². The Morgan fingerprint density at radius 1 is 1.29 bits per heavy atom. The van der Waals surface area contributed by atoms with Crippen LogP contribution in [0.2, 0.25) is 0 Å². The summed E-state index contributed by atoms with van der Waals surface area (Å²) in [5, 5.41) is 16.9. The highest BCUT2D eigenvalue weighted by Gasteiger charge is 2.49. The molecule has 0 bridgehead atoms. The normalized spacial score (nSPS) is 30.1. The van der Waals surface area contributed by atoms with E-state index in [9.17, 15) is 9.90 Å². The summed E-state index contributed by atoms with van der Waals surface area (Å²) >= 11 is 0. The fourth-order valence-corrected chi connectivity index (χ4v) is 3.85. The first kappa shape index (κ1) is 17.4. The summed E-state index contributed by atoms with van der Waals surface area (Å²) in [6, 6.07) is 9.92. The summed E-state index contributed by atoms with van der Waals surface area (Å²) in [7, 11) is 1.67. The molecule has 1 aromatic rings. The molecule has 2 aliphatic rings. The Morgan fingerprint density at radius 2 is 2.00 bits per heavy atom. The van der Waals surface area contributed by atoms with Gasteiger partial charge in [0.2, 0.25) is 5.91 Å². The summed E-state index contributed by atoms with van der Waals surface area (Å²) in [6.07, 6.45) is 1.48. The minimum absolute atomic E-state index is 0.0771. The zero-order chi connectivity index (χ0) is 17.3. The largest absolute Gasteiger partial charge is 0.386 e. The molecule has 7 atom stereocenters. The van der Waals surface area contributed by atoms with Crippen LogP contribution in [0.3, 0.4) is 0 Å². The second kappa shape index (κ2) is 7.21. The molecule has 1 aromatic carbocycles. The number of hydrogen-bond acceptors (Lipinski definition) is 4. The molecule has 5 nitrogen and oxygen atoms in total. The van der Waals surface area contributed by atoms with Crippen molar-refractivity contribution in [2.75, 3.05) is 7.11 Å². The lowest BCUT2D eigenvalue weighted by atomic mass is 9.93. The third-order valence-corrected chi connectivity index (χ3v) is 5.47. The van der Waals surface area contributed by atoms with E-state index in [0.29, 0.717) is 6.04 Å². The highest BCUT2D eigenvalue weighted by Crippen LogP contribution is 2.42. The van der Waals surface area contributed by atoms with E-state index in [-0.39, 0.29) is 30.0 Å². The lowest BCUT2D eigenvalue weighted by Gasteiger charge is -2.30. The number of ether oxygens (including phenoxy) is 1. The van der Waals surface area contributed by atoms with Gasteiger partial charge in [0, 0.05) is 19.2 Å². The van der Waals surface area contributed by atoms with Gasteiger partial charge in [0.25, 0.3) is 0 Å². The molecule has 24 heavy (non-hydrogen) atoms. The van der Waals surface area contributed by atoms with Gasteiger partial charge in [-0.15, -0.1) is 0 Å². The van der Waals surface area contributed by atoms with E-state index in [4.69, 9.17) is 4.74 Å². The summed E-state index contributed by atoms with van der Waals surface area (Å²) < 4.78 is 5.63. The predicted molar refractivity (Wildman–Crippen MR) is 92.4 cm³/mol. The van der Waals surface area contributed by atoms with Crippen LogP contribution in [-0.4, -0.2) is 42.4 Å². The van der Waals surface area contributed by atoms with Crippen molar-refractivity contribution >= 4 is 5.91 Å². The van der Waals surface area contributed by atoms with E-state index in [0.717, 1.165) is 17.9 Å². The molecule has 0 unspecified atom stereocenters. The molecule has 0 radical (unpaired) electrons. The van der Waals surface area contributed by atoms with Gasteiger partial charge in [0.1, 0.15) is 0 Å². The molecule has 1 saturated heterocycles. The molecule has 5 heteroatoms. The average Bonchev–Trinajstić information content (AvgIpc) is 3.21. The maximum Gasteiger partial charge on any atom is 0.225 e. The van der Waals surface area contributed by atoms with Crippen LogP contribution in [0.25, 0.3) is 0 Å². The minimum Gasteiger partial charge on any atom is -0.386 e. The predicted octanol–water partition coefficient (Wildman–Crippen LogP) is 1.63. The Balaban J connectivity index is 1.56. The summed E-state index contributed by atoms with van der Waals surface area (Å²) in [4.78, 5) is 12.6. The van der Waals surface area contributed by atoms with Crippen molar-refractivity contribution in [1.29, 1.82) is 0 Å². The molecule has 132 valence electrons. The van der Waals surface area contributed by atoms with Gasteiger partial charge in [-0.25, -0.2) is 0 Å². The van der Waals surface area contributed by atoms with Gasteiger partial charge in [-0.1, -0.05) is 37.3 Å². The van der Waals surface area contributed by atoms with Gasteiger partial charge in [-0.05, 0) is 31.2 Å². The van der Waals surface area contributed by atoms with Crippen LogP contribution >= 0.6 is 0 Å². The quantitative estimate of drug-likeness (QED) is 0.710. The zero-order valence-corrected chi connectivity index (χ0v) is 14.6. The first-order valence-corrected chi connectivity index (χ1v) is 8.83. The Hall–Kier alpha value is -1.43. The van der Waals surface area contributed by atoms with Crippen molar-refractivity contribution in [3.05, 3.63) is 35.9 Å². The lowest BCUT2D eigenvalue weighted by molar-refractivity contribution is -0.131. The molecule has 0 aromatic heterocycles. The van der Waals surface area contributed by atoms with Crippen molar-refractivity contribution in [2.24, 2.45) is 11.8 Å². The van der Waals surface area contributed by atoms with E-state index in [1.807, 2.05) is 44.2 Å². The number of carbonyl (C=O) groups is 1. The van der Waals surface area contributed by atoms with Gasteiger partial charge in [0.05, 0.1) is 24.2 Å². The van der Waals surface area contributed by atoms with Crippen LogP contribution in [0.1, 0.15) is 38.4 Å². The lowest BCUT2D eigenvalue weighted by Crippen LogP contribution is -2.49. The Morgan fingerprint density at radius 3 is 2.58 bits per heavy atom. The number of methoxy groups -OCH3 is 1. The summed E-state index contributed by atoms with van der Waals surface area (Å²) in [6.45, 7) is 3.73. The number of rotatable bonds is 7. The van der Waals surface area contributed by atoms with Crippen molar-refractivity contribution in [3.8, 4) is 0 Å². The molecule has 1 aliphatic heterocycles. The Kier molecular flexibility index (Phi) is 5.23. The molecular formula is C19H28N2O3. The van der Waals surface area contributed by atoms with Crippen molar-refractivity contribution in [2.45, 2.75) is 57.0 Å². The highest BCUT2D eigenvalue weighted by atomic mass is 16.5. The molecule has 3 N–H and O–H groups in total. The molecule has 1 saturated carbocycles. The van der Waals surface area contributed by atoms with E-state index in [1.165, 1.54) is 6.42 Å². The van der Waals surface area contributed by atoms with Gasteiger partial charge in [-0.3, -0.25) is 4.79 Å². The van der Waals surface area contributed by atoms with E-state index >= 15 is 0 Å². The number of piperidine rings is 1. The fourth-order valence-electron chi connectivity index (χ4n) is 3.85. The monoisotopic (exact) mass is 332 g/mol. The number of benzene rings is 1. The standard InChI is InChI=1S/C19H28N2O3/c1-11(18(24-3)16-10-14-9-15(14)21-16)19(23)20-12(2)17(22)13-7-5-4-6-8-13/h4-8,11-12,14-18,21-22H,9-10H2,1-3H3,(H,20,23)/t11-,12-,14+,15+,16+,17-,18-/m1/s1. The second-order valence-corrected chi connectivity index (χ2v) is 7.25. The number of fused-ring (bicyclic) bond motifs is 1.